The Bertz CT molecular complexity index is 1990. The summed E-state index contributed by atoms with van der Waals surface area (Å²) in [7, 11) is -2.15. The van der Waals surface area contributed by atoms with E-state index in [1.165, 1.54) is 34.6 Å². The molecule has 0 bridgehead atoms. The SMILES string of the molecule is COc1ccc(CN2Cc3cc(Nc4c(F)c([C@H]5CC[C@@H](OC(=O)Oc6ccc([N+](=O)[O-])cc6)C5)nn4C(C)(C)C)ccc3S2(=O)=O)cc1. The van der Waals surface area contributed by atoms with Crippen molar-refractivity contribution in [3.05, 3.63) is 99.5 Å². The average Bonchev–Trinajstić information content (AvgIpc) is 3.71. The van der Waals surface area contributed by atoms with Gasteiger partial charge in [-0.05, 0) is 93.6 Å². The second-order valence-electron chi connectivity index (χ2n) is 13.1. The van der Waals surface area contributed by atoms with Gasteiger partial charge in [-0.3, -0.25) is 10.1 Å². The van der Waals surface area contributed by atoms with Crippen molar-refractivity contribution in [3.63, 3.8) is 0 Å². The fourth-order valence-corrected chi connectivity index (χ4v) is 7.72. The van der Waals surface area contributed by atoms with Crippen molar-refractivity contribution in [3.8, 4) is 11.5 Å². The van der Waals surface area contributed by atoms with E-state index in [4.69, 9.17) is 14.2 Å². The van der Waals surface area contributed by atoms with Crippen LogP contribution in [-0.4, -0.2) is 46.8 Å². The number of ether oxygens (including phenoxy) is 3. The maximum atomic E-state index is 16.2. The Morgan fingerprint density at radius 2 is 1.76 bits per heavy atom. The van der Waals surface area contributed by atoms with Crippen molar-refractivity contribution in [2.24, 2.45) is 0 Å². The van der Waals surface area contributed by atoms with Gasteiger partial charge < -0.3 is 19.5 Å². The molecule has 13 nitrogen and oxygen atoms in total. The number of fused-ring (bicyclic) bond motifs is 1. The molecule has 2 heterocycles. The normalized spacial score (nSPS) is 18.6. The summed E-state index contributed by atoms with van der Waals surface area (Å²) in [5, 5.41) is 18.7. The number of aromatic nitrogens is 2. The number of non-ortho nitro benzene ring substituents is 1. The lowest BCUT2D eigenvalue weighted by molar-refractivity contribution is -0.384. The van der Waals surface area contributed by atoms with E-state index in [1.54, 1.807) is 36.1 Å². The van der Waals surface area contributed by atoms with Gasteiger partial charge in [0.05, 0.1) is 22.5 Å². The van der Waals surface area contributed by atoms with E-state index in [2.05, 4.69) is 10.4 Å². The van der Waals surface area contributed by atoms with Crippen molar-refractivity contribution < 1.29 is 36.7 Å². The first-order valence-corrected chi connectivity index (χ1v) is 17.1. The van der Waals surface area contributed by atoms with Crippen LogP contribution < -0.4 is 14.8 Å². The Morgan fingerprint density at radius 1 is 1.06 bits per heavy atom. The molecule has 1 N–H and O–H groups in total. The zero-order valence-corrected chi connectivity index (χ0v) is 28.2. The smallest absolute Gasteiger partial charge is 0.497 e. The highest BCUT2D eigenvalue weighted by atomic mass is 32.2. The summed E-state index contributed by atoms with van der Waals surface area (Å²) >= 11 is 0. The summed E-state index contributed by atoms with van der Waals surface area (Å²) in [5.74, 6) is 0.0473. The van der Waals surface area contributed by atoms with Gasteiger partial charge >= 0.3 is 6.16 Å². The number of methoxy groups -OCH3 is 1. The van der Waals surface area contributed by atoms with Crippen molar-refractivity contribution in [1.29, 1.82) is 0 Å². The number of sulfonamides is 1. The maximum Gasteiger partial charge on any atom is 0.514 e. The molecule has 2 atom stereocenters. The average molecular weight is 694 g/mol. The lowest BCUT2D eigenvalue weighted by Gasteiger charge is -2.22. The van der Waals surface area contributed by atoms with Crippen molar-refractivity contribution in [1.82, 2.24) is 14.1 Å². The van der Waals surface area contributed by atoms with Crippen LogP contribution in [0.4, 0.5) is 26.4 Å². The molecule has 0 spiro atoms. The summed E-state index contributed by atoms with van der Waals surface area (Å²) in [5.41, 5.74) is 1.41. The highest BCUT2D eigenvalue weighted by Gasteiger charge is 2.37. The van der Waals surface area contributed by atoms with Crippen LogP contribution in [0.2, 0.25) is 0 Å². The molecule has 1 aliphatic carbocycles. The Morgan fingerprint density at radius 3 is 2.41 bits per heavy atom. The number of carbonyl (C=O) groups excluding carboxylic acids is 1. The van der Waals surface area contributed by atoms with Crippen LogP contribution in [0.5, 0.6) is 11.5 Å². The summed E-state index contributed by atoms with van der Waals surface area (Å²) in [6.07, 6.45) is -0.174. The van der Waals surface area contributed by atoms with Crippen LogP contribution in [0, 0.1) is 15.9 Å². The number of nitrogens with one attached hydrogen (secondary N) is 1. The Labute approximate surface area is 282 Å². The molecule has 49 heavy (non-hydrogen) atoms. The van der Waals surface area contributed by atoms with Gasteiger partial charge in [0, 0.05) is 36.8 Å². The molecule has 0 saturated heterocycles. The lowest BCUT2D eigenvalue weighted by atomic mass is 10.0. The van der Waals surface area contributed by atoms with Crippen molar-refractivity contribution >= 4 is 33.4 Å². The van der Waals surface area contributed by atoms with Crippen molar-refractivity contribution in [2.45, 2.75) is 75.6 Å². The molecule has 0 radical (unpaired) electrons. The first-order chi connectivity index (χ1) is 23.2. The van der Waals surface area contributed by atoms with E-state index in [-0.39, 0.29) is 46.9 Å². The number of hydrogen-bond acceptors (Lipinski definition) is 10. The van der Waals surface area contributed by atoms with Crippen LogP contribution in [0.1, 0.15) is 62.8 Å². The molecule has 6 rings (SSSR count). The van der Waals surface area contributed by atoms with Crippen LogP contribution in [0.25, 0.3) is 0 Å². The van der Waals surface area contributed by atoms with Crippen LogP contribution >= 0.6 is 0 Å². The quantitative estimate of drug-likeness (QED) is 0.0839. The van der Waals surface area contributed by atoms with Gasteiger partial charge in [-0.2, -0.15) is 9.40 Å². The molecule has 3 aromatic carbocycles. The largest absolute Gasteiger partial charge is 0.514 e. The second kappa shape index (κ2) is 13.1. The predicted molar refractivity (Wildman–Crippen MR) is 177 cm³/mol. The highest BCUT2D eigenvalue weighted by Crippen LogP contribution is 2.41. The maximum absolute atomic E-state index is 16.2. The van der Waals surface area contributed by atoms with Gasteiger partial charge in [0.25, 0.3) is 5.69 Å². The van der Waals surface area contributed by atoms with Gasteiger partial charge in [0.2, 0.25) is 10.0 Å². The first kappa shape index (κ1) is 33.9. The topological polar surface area (TPSA) is 155 Å². The van der Waals surface area contributed by atoms with Gasteiger partial charge in [0.1, 0.15) is 23.3 Å². The Balaban J connectivity index is 1.15. The Kier molecular flexibility index (Phi) is 9.07. The number of nitrogens with zero attached hydrogens (tertiary/aromatic N) is 4. The second-order valence-corrected chi connectivity index (χ2v) is 15.0. The predicted octanol–water partition coefficient (Wildman–Crippen LogP) is 6.99. The minimum atomic E-state index is -3.72. The third-order valence-corrected chi connectivity index (χ3v) is 10.5. The summed E-state index contributed by atoms with van der Waals surface area (Å²) in [4.78, 5) is 22.9. The fraction of sp³-hybridized carbons (Fsp3) is 0.353. The summed E-state index contributed by atoms with van der Waals surface area (Å²) in [6, 6.07) is 17.1. The van der Waals surface area contributed by atoms with E-state index >= 15 is 4.39 Å². The zero-order chi connectivity index (χ0) is 35.1. The van der Waals surface area contributed by atoms with E-state index < -0.39 is 38.6 Å². The molecular weight excluding hydrogens is 657 g/mol. The molecule has 0 amide bonds. The van der Waals surface area contributed by atoms with Crippen LogP contribution in [0.15, 0.2) is 71.6 Å². The molecule has 15 heteroatoms. The molecular formula is C34H36FN5O8S. The number of hydrogen-bond donors (Lipinski definition) is 1. The number of nitro groups is 1. The molecule has 2 aliphatic rings. The van der Waals surface area contributed by atoms with Gasteiger partial charge in [-0.1, -0.05) is 12.1 Å². The lowest BCUT2D eigenvalue weighted by Crippen LogP contribution is -2.25. The molecule has 0 unspecified atom stereocenters. The van der Waals surface area contributed by atoms with E-state index in [1.807, 2.05) is 32.9 Å². The number of nitro benzene ring substituents is 1. The third kappa shape index (κ3) is 7.08. The number of rotatable bonds is 9. The zero-order valence-electron chi connectivity index (χ0n) is 27.4. The van der Waals surface area contributed by atoms with Gasteiger partial charge in [-0.15, -0.1) is 0 Å². The van der Waals surface area contributed by atoms with Crippen LogP contribution in [0.3, 0.4) is 0 Å². The van der Waals surface area contributed by atoms with E-state index in [0.717, 1.165) is 5.56 Å². The third-order valence-electron chi connectivity index (χ3n) is 8.58. The minimum absolute atomic E-state index is 0.102. The molecule has 1 aliphatic heterocycles. The van der Waals surface area contributed by atoms with E-state index in [0.29, 0.717) is 36.3 Å². The first-order valence-electron chi connectivity index (χ1n) is 15.7. The van der Waals surface area contributed by atoms with Crippen LogP contribution in [-0.2, 0) is 33.4 Å². The summed E-state index contributed by atoms with van der Waals surface area (Å²) < 4.78 is 61.7. The highest BCUT2D eigenvalue weighted by molar-refractivity contribution is 7.89. The standard InChI is InChI=1S/C34H36FN5O8S/c1-34(2,3)39-32(36-24-8-16-29-23(17-24)20-38(49(29,44)45)19-21-5-11-26(46-4)12-6-21)30(35)31(37-39)22-7-13-28(18-22)48-33(41)47-27-14-9-25(10-15-27)40(42)43/h5-6,8-12,14-17,22,28,36H,7,13,18-20H2,1-4H3/t22-,28+/m0/s1. The number of anilines is 2. The van der Waals surface area contributed by atoms with E-state index in [9.17, 15) is 23.3 Å². The number of benzene rings is 3. The van der Waals surface area contributed by atoms with Gasteiger partial charge in [0.15, 0.2) is 11.6 Å². The minimum Gasteiger partial charge on any atom is -0.497 e. The number of halogens is 1. The molecule has 1 fully saturated rings. The summed E-state index contributed by atoms with van der Waals surface area (Å²) in [6.45, 7) is 6.06. The molecule has 1 saturated carbocycles. The number of carbonyl (C=O) groups is 1. The Hall–Kier alpha value is -5.02. The van der Waals surface area contributed by atoms with Crippen molar-refractivity contribution in [2.75, 3.05) is 12.4 Å². The molecule has 4 aromatic rings. The monoisotopic (exact) mass is 693 g/mol. The molecule has 258 valence electrons. The fourth-order valence-electron chi connectivity index (χ4n) is 6.12. The molecule has 1 aromatic heterocycles. The van der Waals surface area contributed by atoms with Gasteiger partial charge in [-0.25, -0.2) is 22.3 Å².